The zero-order valence-electron chi connectivity index (χ0n) is 23.4. The molecule has 1 fully saturated rings. The first-order valence-corrected chi connectivity index (χ1v) is 14.3. The van der Waals surface area contributed by atoms with E-state index in [1.54, 1.807) is 35.6 Å². The summed E-state index contributed by atoms with van der Waals surface area (Å²) >= 11 is 1.70. The molecule has 3 aromatic rings. The van der Waals surface area contributed by atoms with Gasteiger partial charge in [0, 0.05) is 24.6 Å². The van der Waals surface area contributed by atoms with Crippen molar-refractivity contribution in [2.45, 2.75) is 51.2 Å². The number of aromatic nitrogens is 1. The zero-order chi connectivity index (χ0) is 31.6. The number of carboxylic acids is 3. The molecule has 1 aliphatic rings. The van der Waals surface area contributed by atoms with Crippen molar-refractivity contribution in [1.82, 2.24) is 10.1 Å². The van der Waals surface area contributed by atoms with E-state index in [0.717, 1.165) is 19.6 Å². The van der Waals surface area contributed by atoms with Crippen LogP contribution in [-0.4, -0.2) is 79.7 Å². The Balaban J connectivity index is 0.000000331. The quantitative estimate of drug-likeness (QED) is 0.215. The highest BCUT2D eigenvalue weighted by atomic mass is 32.1. The number of piperidine rings is 1. The molecule has 12 nitrogen and oxygen atoms in total. The van der Waals surface area contributed by atoms with Crippen LogP contribution in [0, 0.1) is 11.2 Å². The average molecular weight is 621 g/mol. The first-order chi connectivity index (χ1) is 20.4. The van der Waals surface area contributed by atoms with Crippen LogP contribution >= 0.6 is 11.3 Å². The normalized spacial score (nSPS) is 14.8. The fraction of sp³-hybridized carbons (Fsp3) is 0.414. The first kappa shape index (κ1) is 33.4. The van der Waals surface area contributed by atoms with Gasteiger partial charge in [-0.2, -0.15) is 11.3 Å². The Kier molecular flexibility index (Phi) is 11.5. The maximum absolute atomic E-state index is 14.1. The zero-order valence-corrected chi connectivity index (χ0v) is 24.2. The molecule has 3 heterocycles. The average Bonchev–Trinajstić information content (AvgIpc) is 3.62. The van der Waals surface area contributed by atoms with E-state index < -0.39 is 41.8 Å². The van der Waals surface area contributed by atoms with E-state index in [4.69, 9.17) is 29.7 Å². The Morgan fingerprint density at radius 1 is 1.09 bits per heavy atom. The number of benzene rings is 1. The molecular formula is C29H33FN2O10S. The molecule has 0 radical (unpaired) electrons. The third-order valence-electron chi connectivity index (χ3n) is 7.01. The molecular weight excluding hydrogens is 587 g/mol. The number of carboxylic acid groups (broad SMARTS) is 3. The summed E-state index contributed by atoms with van der Waals surface area (Å²) < 4.78 is 25.0. The highest BCUT2D eigenvalue weighted by Gasteiger charge is 2.44. The summed E-state index contributed by atoms with van der Waals surface area (Å²) in [7, 11) is 0. The molecule has 1 aliphatic heterocycles. The van der Waals surface area contributed by atoms with Crippen molar-refractivity contribution in [3.8, 4) is 11.3 Å². The molecule has 0 amide bonds. The Labute approximate surface area is 250 Å². The van der Waals surface area contributed by atoms with Crippen LogP contribution in [0.1, 0.15) is 43.9 Å². The number of rotatable bonds is 12. The van der Waals surface area contributed by atoms with Crippen molar-refractivity contribution in [3.63, 3.8) is 0 Å². The lowest BCUT2D eigenvalue weighted by Crippen LogP contribution is -2.46. The molecule has 4 N–H and O–H groups in total. The van der Waals surface area contributed by atoms with Gasteiger partial charge in [-0.05, 0) is 67.4 Å². The number of halogens is 1. The molecule has 4 rings (SSSR count). The Morgan fingerprint density at radius 2 is 1.74 bits per heavy atom. The lowest BCUT2D eigenvalue weighted by atomic mass is 9.75. The largest absolute Gasteiger partial charge is 0.481 e. The maximum Gasteiger partial charge on any atom is 0.336 e. The summed E-state index contributed by atoms with van der Waals surface area (Å²) in [4.78, 5) is 45.8. The lowest BCUT2D eigenvalue weighted by molar-refractivity contribution is -0.170. The summed E-state index contributed by atoms with van der Waals surface area (Å²) in [5.74, 6) is -4.98. The number of esters is 1. The number of hydrogen-bond donors (Lipinski definition) is 4. The van der Waals surface area contributed by atoms with Gasteiger partial charge in [0.2, 0.25) is 0 Å². The second-order valence-corrected chi connectivity index (χ2v) is 11.0. The highest BCUT2D eigenvalue weighted by Crippen LogP contribution is 2.38. The molecule has 1 saturated heterocycles. The number of thiophene rings is 1. The molecule has 232 valence electrons. The van der Waals surface area contributed by atoms with Gasteiger partial charge in [0.15, 0.2) is 5.60 Å². The topological polar surface area (TPSA) is 188 Å². The molecule has 0 atom stereocenters. The number of hydrogen-bond acceptors (Lipinski definition) is 10. The lowest BCUT2D eigenvalue weighted by Gasteiger charge is -2.39. The summed E-state index contributed by atoms with van der Waals surface area (Å²) in [6, 6.07) is 10.3. The van der Waals surface area contributed by atoms with E-state index in [0.29, 0.717) is 42.9 Å². The number of aliphatic hydroxyl groups is 1. The molecule has 1 aromatic carbocycles. The van der Waals surface area contributed by atoms with Gasteiger partial charge in [0.05, 0.1) is 24.9 Å². The smallest absolute Gasteiger partial charge is 0.336 e. The second-order valence-electron chi connectivity index (χ2n) is 10.2. The SMILES string of the molecule is CCOC(=O)C1(Cc2cc(-c3ccccc3F)no2)CCN(Cc2ccsc2)CC1.O=C(O)CC(O)(CC(=O)O)C(=O)O. The van der Waals surface area contributed by atoms with E-state index in [1.807, 2.05) is 6.92 Å². The number of ether oxygens (including phenoxy) is 1. The van der Waals surface area contributed by atoms with Crippen LogP contribution < -0.4 is 0 Å². The second kappa shape index (κ2) is 14.8. The number of nitrogens with zero attached hydrogens (tertiary/aromatic N) is 2. The van der Waals surface area contributed by atoms with Gasteiger partial charge in [-0.25, -0.2) is 9.18 Å². The van der Waals surface area contributed by atoms with Crippen molar-refractivity contribution in [1.29, 1.82) is 0 Å². The van der Waals surface area contributed by atoms with Crippen molar-refractivity contribution in [2.75, 3.05) is 19.7 Å². The van der Waals surface area contributed by atoms with E-state index in [2.05, 4.69) is 26.9 Å². The van der Waals surface area contributed by atoms with Crippen LogP contribution in [0.3, 0.4) is 0 Å². The van der Waals surface area contributed by atoms with Crippen LogP contribution in [0.4, 0.5) is 4.39 Å². The van der Waals surface area contributed by atoms with Crippen LogP contribution in [0.25, 0.3) is 11.3 Å². The van der Waals surface area contributed by atoms with Gasteiger partial charge in [0.1, 0.15) is 17.3 Å². The number of likely N-dealkylation sites (tertiary alicyclic amines) is 1. The molecule has 0 bridgehead atoms. The van der Waals surface area contributed by atoms with Crippen LogP contribution in [0.15, 0.2) is 51.7 Å². The molecule has 14 heteroatoms. The Morgan fingerprint density at radius 3 is 2.28 bits per heavy atom. The summed E-state index contributed by atoms with van der Waals surface area (Å²) in [5.41, 5.74) is -1.25. The summed E-state index contributed by atoms with van der Waals surface area (Å²) in [5, 5.41) is 42.1. The Bertz CT molecular complexity index is 1380. The fourth-order valence-electron chi connectivity index (χ4n) is 4.76. The van der Waals surface area contributed by atoms with Crippen molar-refractivity contribution in [3.05, 3.63) is 64.3 Å². The highest BCUT2D eigenvalue weighted by molar-refractivity contribution is 7.07. The minimum atomic E-state index is -2.74. The van der Waals surface area contributed by atoms with Gasteiger partial charge < -0.3 is 29.7 Å². The number of aliphatic carboxylic acids is 3. The van der Waals surface area contributed by atoms with Gasteiger partial charge in [-0.1, -0.05) is 17.3 Å². The molecule has 43 heavy (non-hydrogen) atoms. The van der Waals surface area contributed by atoms with Crippen LogP contribution in [0.5, 0.6) is 0 Å². The maximum atomic E-state index is 14.1. The summed E-state index contributed by atoms with van der Waals surface area (Å²) in [6.07, 6.45) is -0.514. The molecule has 0 unspecified atom stereocenters. The van der Waals surface area contributed by atoms with Crippen molar-refractivity contribution < 1.29 is 53.3 Å². The number of carbonyl (C=O) groups is 4. The monoisotopic (exact) mass is 620 g/mol. The van der Waals surface area contributed by atoms with Gasteiger partial charge in [0.25, 0.3) is 0 Å². The predicted molar refractivity (Wildman–Crippen MR) is 151 cm³/mol. The van der Waals surface area contributed by atoms with Crippen LogP contribution in [0.2, 0.25) is 0 Å². The summed E-state index contributed by atoms with van der Waals surface area (Å²) in [6.45, 7) is 4.67. The van der Waals surface area contributed by atoms with Gasteiger partial charge in [-0.15, -0.1) is 0 Å². The van der Waals surface area contributed by atoms with E-state index >= 15 is 0 Å². The van der Waals surface area contributed by atoms with Crippen molar-refractivity contribution in [2.24, 2.45) is 5.41 Å². The standard InChI is InChI=1S/C23H25FN2O3S.C6H8O7/c1-2-28-22(27)23(8-10-26(11-9-23)15-17-7-12-30-16-17)14-18-13-21(25-29-18)19-5-3-4-6-20(19)24;7-3(8)1-6(13,5(11)12)2-4(9)10/h3-7,12-13,16H,2,8-11,14-15H2,1H3;13H,1-2H2,(H,7,8)(H,9,10)(H,11,12). The van der Waals surface area contributed by atoms with Gasteiger partial charge in [-0.3, -0.25) is 19.3 Å². The predicted octanol–water partition coefficient (Wildman–Crippen LogP) is 3.68. The van der Waals surface area contributed by atoms with Gasteiger partial charge >= 0.3 is 23.9 Å². The molecule has 0 aliphatic carbocycles. The third-order valence-corrected chi connectivity index (χ3v) is 7.75. The van der Waals surface area contributed by atoms with Crippen molar-refractivity contribution >= 4 is 35.2 Å². The molecule has 0 saturated carbocycles. The first-order valence-electron chi connectivity index (χ1n) is 13.4. The third kappa shape index (κ3) is 9.17. The molecule has 0 spiro atoms. The fourth-order valence-corrected chi connectivity index (χ4v) is 5.42. The van der Waals surface area contributed by atoms with Crippen LogP contribution in [-0.2, 0) is 36.9 Å². The van der Waals surface area contributed by atoms with E-state index in [1.165, 1.54) is 11.6 Å². The van der Waals surface area contributed by atoms with E-state index in [9.17, 15) is 23.6 Å². The van der Waals surface area contributed by atoms with E-state index in [-0.39, 0.29) is 11.8 Å². The minimum absolute atomic E-state index is 0.191. The minimum Gasteiger partial charge on any atom is -0.481 e. The molecule has 2 aromatic heterocycles. The number of carbonyl (C=O) groups excluding carboxylic acids is 1. The Hall–Kier alpha value is -4.14.